The summed E-state index contributed by atoms with van der Waals surface area (Å²) < 4.78 is 6.09. The van der Waals surface area contributed by atoms with Crippen molar-refractivity contribution in [2.24, 2.45) is 16.6 Å². The molecule has 192 valence electrons. The van der Waals surface area contributed by atoms with E-state index in [0.29, 0.717) is 44.4 Å². The third kappa shape index (κ3) is 6.17. The van der Waals surface area contributed by atoms with Crippen molar-refractivity contribution in [3.05, 3.63) is 48.1 Å². The van der Waals surface area contributed by atoms with Gasteiger partial charge in [0, 0.05) is 56.0 Å². The fraction of sp³-hybridized carbons (Fsp3) is 0.500. The van der Waals surface area contributed by atoms with Crippen LogP contribution in [0.2, 0.25) is 0 Å². The smallest absolute Gasteiger partial charge is 0.323 e. The zero-order chi connectivity index (χ0) is 25.7. The van der Waals surface area contributed by atoms with Crippen molar-refractivity contribution in [3.8, 4) is 5.75 Å². The lowest BCUT2D eigenvalue weighted by Crippen LogP contribution is -2.50. The van der Waals surface area contributed by atoms with E-state index in [4.69, 9.17) is 10.5 Å². The molecule has 0 saturated carbocycles. The Labute approximate surface area is 212 Å². The van der Waals surface area contributed by atoms with Crippen LogP contribution < -0.4 is 20.7 Å². The average Bonchev–Trinajstić information content (AvgIpc) is 2.87. The number of carbonyl (C=O) groups excluding carboxylic acids is 1. The molecular formula is C26H36N8O2. The van der Waals surface area contributed by atoms with E-state index in [2.05, 4.69) is 43.2 Å². The van der Waals surface area contributed by atoms with Crippen molar-refractivity contribution in [1.82, 2.24) is 19.9 Å². The van der Waals surface area contributed by atoms with Crippen molar-refractivity contribution in [3.63, 3.8) is 0 Å². The molecule has 2 aliphatic heterocycles. The third-order valence-electron chi connectivity index (χ3n) is 6.38. The Morgan fingerprint density at radius 1 is 1.25 bits per heavy atom. The maximum absolute atomic E-state index is 12.9. The van der Waals surface area contributed by atoms with E-state index < -0.39 is 0 Å². The van der Waals surface area contributed by atoms with E-state index in [1.54, 1.807) is 17.2 Å². The Bertz CT molecular complexity index is 1120. The minimum Gasteiger partial charge on any atom is -0.483 e. The maximum Gasteiger partial charge on any atom is 0.323 e. The molecule has 1 fully saturated rings. The number of nitrogens with two attached hydrogens (primary N) is 1. The number of amides is 2. The molecule has 0 bridgehead atoms. The number of piperazine rings is 1. The number of urea groups is 1. The number of aliphatic imine (C=N–C) groups is 1. The summed E-state index contributed by atoms with van der Waals surface area (Å²) >= 11 is 0. The van der Waals surface area contributed by atoms with Gasteiger partial charge in [0.15, 0.2) is 11.6 Å². The minimum absolute atomic E-state index is 0.163. The summed E-state index contributed by atoms with van der Waals surface area (Å²) in [4.78, 5) is 34.9. The van der Waals surface area contributed by atoms with E-state index >= 15 is 0 Å². The molecular weight excluding hydrogens is 456 g/mol. The second-order valence-electron chi connectivity index (χ2n) is 9.47. The number of carbonyl (C=O) groups is 1. The van der Waals surface area contributed by atoms with Crippen LogP contribution in [0.3, 0.4) is 0 Å². The van der Waals surface area contributed by atoms with E-state index in [0.717, 1.165) is 29.5 Å². The first-order chi connectivity index (χ1) is 17.3. The molecule has 2 unspecified atom stereocenters. The maximum atomic E-state index is 12.9. The number of nitrogens with one attached hydrogen (secondary N) is 1. The normalized spacial score (nSPS) is 19.9. The van der Waals surface area contributed by atoms with Crippen LogP contribution in [0.15, 0.2) is 41.5 Å². The molecule has 36 heavy (non-hydrogen) atoms. The molecule has 2 aliphatic rings. The average molecular weight is 493 g/mol. The highest BCUT2D eigenvalue weighted by molar-refractivity contribution is 5.97. The van der Waals surface area contributed by atoms with Gasteiger partial charge >= 0.3 is 6.03 Å². The number of ether oxygens (including phenoxy) is 1. The molecule has 10 nitrogen and oxygen atoms in total. The lowest BCUT2D eigenvalue weighted by molar-refractivity contribution is 0.208. The van der Waals surface area contributed by atoms with Crippen LogP contribution >= 0.6 is 0 Å². The van der Waals surface area contributed by atoms with Gasteiger partial charge in [0.25, 0.3) is 0 Å². The fourth-order valence-corrected chi connectivity index (χ4v) is 4.25. The highest BCUT2D eigenvalue weighted by Gasteiger charge is 2.25. The number of nitrogens with zero attached hydrogens (tertiary/aromatic N) is 6. The number of dihydropyridines is 1. The Balaban J connectivity index is 1.34. The second kappa shape index (κ2) is 11.5. The molecule has 10 heteroatoms. The van der Waals surface area contributed by atoms with Gasteiger partial charge in [0.05, 0.1) is 5.71 Å². The Morgan fingerprint density at radius 3 is 2.72 bits per heavy atom. The quantitative estimate of drug-likeness (QED) is 0.608. The lowest BCUT2D eigenvalue weighted by atomic mass is 10.00. The SMILES string of the molecule is CCC1C=CC(COc2cccnc2N2CCN(C(=O)Nc3cc(C)nc(C(C)C)n3)CC2)=NC1N. The summed E-state index contributed by atoms with van der Waals surface area (Å²) in [6, 6.07) is 5.39. The predicted molar refractivity (Wildman–Crippen MR) is 142 cm³/mol. The second-order valence-corrected chi connectivity index (χ2v) is 9.47. The number of anilines is 2. The summed E-state index contributed by atoms with van der Waals surface area (Å²) in [6.45, 7) is 10.8. The van der Waals surface area contributed by atoms with Crippen LogP contribution in [0.5, 0.6) is 5.75 Å². The number of rotatable bonds is 7. The molecule has 0 radical (unpaired) electrons. The van der Waals surface area contributed by atoms with Crippen molar-refractivity contribution in [2.45, 2.75) is 46.2 Å². The van der Waals surface area contributed by atoms with Gasteiger partial charge in [-0.25, -0.2) is 19.7 Å². The molecule has 2 amide bonds. The standard InChI is InChI=1S/C26H36N8O2/c1-5-19-8-9-20(30-23(19)27)16-36-21-7-6-10-28-25(21)33-11-13-34(14-12-33)26(35)32-22-15-18(4)29-24(31-22)17(2)3/h6-10,15,17,19,23H,5,11-14,16,27H2,1-4H3,(H,29,31,32,35). The van der Waals surface area contributed by atoms with Gasteiger partial charge in [0.2, 0.25) is 0 Å². The topological polar surface area (TPSA) is 122 Å². The molecule has 1 saturated heterocycles. The lowest BCUT2D eigenvalue weighted by Gasteiger charge is -2.35. The van der Waals surface area contributed by atoms with Gasteiger partial charge < -0.3 is 20.3 Å². The molecule has 2 atom stereocenters. The Hall–Kier alpha value is -3.53. The molecule has 0 aromatic carbocycles. The van der Waals surface area contributed by atoms with Crippen LogP contribution in [0.4, 0.5) is 16.4 Å². The van der Waals surface area contributed by atoms with Crippen LogP contribution in [0.25, 0.3) is 0 Å². The zero-order valence-electron chi connectivity index (χ0n) is 21.5. The first kappa shape index (κ1) is 25.6. The summed E-state index contributed by atoms with van der Waals surface area (Å²) in [5.74, 6) is 3.16. The first-order valence-electron chi connectivity index (χ1n) is 12.6. The Kier molecular flexibility index (Phi) is 8.14. The highest BCUT2D eigenvalue weighted by atomic mass is 16.5. The van der Waals surface area contributed by atoms with E-state index in [9.17, 15) is 4.79 Å². The molecule has 4 heterocycles. The number of pyridine rings is 1. The third-order valence-corrected chi connectivity index (χ3v) is 6.38. The number of aromatic nitrogens is 3. The number of aryl methyl sites for hydroxylation is 1. The highest BCUT2D eigenvalue weighted by Crippen LogP contribution is 2.27. The largest absolute Gasteiger partial charge is 0.483 e. The number of hydrogen-bond donors (Lipinski definition) is 2. The zero-order valence-corrected chi connectivity index (χ0v) is 21.5. The summed E-state index contributed by atoms with van der Waals surface area (Å²) in [7, 11) is 0. The minimum atomic E-state index is -0.227. The van der Waals surface area contributed by atoms with Gasteiger partial charge in [-0.2, -0.15) is 0 Å². The van der Waals surface area contributed by atoms with Crippen molar-refractivity contribution in [1.29, 1.82) is 0 Å². The van der Waals surface area contributed by atoms with Crippen LogP contribution in [-0.4, -0.2) is 70.5 Å². The van der Waals surface area contributed by atoms with Crippen LogP contribution in [0, 0.1) is 12.8 Å². The van der Waals surface area contributed by atoms with Gasteiger partial charge in [-0.05, 0) is 31.6 Å². The van der Waals surface area contributed by atoms with Crippen LogP contribution in [0.1, 0.15) is 44.6 Å². The van der Waals surface area contributed by atoms with Crippen LogP contribution in [-0.2, 0) is 0 Å². The predicted octanol–water partition coefficient (Wildman–Crippen LogP) is 3.36. The Morgan fingerprint density at radius 2 is 2.03 bits per heavy atom. The van der Waals surface area contributed by atoms with Crippen molar-refractivity contribution < 1.29 is 9.53 Å². The van der Waals surface area contributed by atoms with Crippen molar-refractivity contribution in [2.75, 3.05) is 43.0 Å². The summed E-state index contributed by atoms with van der Waals surface area (Å²) in [5.41, 5.74) is 7.81. The fourth-order valence-electron chi connectivity index (χ4n) is 4.25. The van der Waals surface area contributed by atoms with Gasteiger partial charge in [-0.3, -0.25) is 10.3 Å². The van der Waals surface area contributed by atoms with Gasteiger partial charge in [0.1, 0.15) is 24.4 Å². The van der Waals surface area contributed by atoms with Gasteiger partial charge in [-0.1, -0.05) is 26.8 Å². The number of hydrogen-bond acceptors (Lipinski definition) is 8. The molecule has 3 N–H and O–H groups in total. The summed E-state index contributed by atoms with van der Waals surface area (Å²) in [6.07, 6.45) is 6.59. The van der Waals surface area contributed by atoms with Gasteiger partial charge in [-0.15, -0.1) is 0 Å². The first-order valence-corrected chi connectivity index (χ1v) is 12.6. The summed E-state index contributed by atoms with van der Waals surface area (Å²) in [5, 5.41) is 2.93. The molecule has 4 rings (SSSR count). The van der Waals surface area contributed by atoms with E-state index in [1.165, 1.54) is 0 Å². The molecule has 0 spiro atoms. The van der Waals surface area contributed by atoms with E-state index in [1.807, 2.05) is 39.0 Å². The molecule has 2 aromatic heterocycles. The van der Waals surface area contributed by atoms with Crippen molar-refractivity contribution >= 4 is 23.4 Å². The molecule has 2 aromatic rings. The van der Waals surface area contributed by atoms with E-state index in [-0.39, 0.29) is 24.0 Å². The monoisotopic (exact) mass is 492 g/mol. The molecule has 0 aliphatic carbocycles.